The van der Waals surface area contributed by atoms with Gasteiger partial charge in [-0.05, 0) is 33.7 Å². The van der Waals surface area contributed by atoms with Crippen LogP contribution in [0.1, 0.15) is 33.1 Å². The van der Waals surface area contributed by atoms with Gasteiger partial charge < -0.3 is 10.6 Å². The molecule has 0 aromatic rings. The third-order valence-electron chi connectivity index (χ3n) is 2.35. The second-order valence-corrected chi connectivity index (χ2v) is 4.49. The summed E-state index contributed by atoms with van der Waals surface area (Å²) in [5.74, 6) is 0. The van der Waals surface area contributed by atoms with Crippen LogP contribution in [-0.2, 0) is 0 Å². The van der Waals surface area contributed by atoms with Crippen molar-refractivity contribution in [2.45, 2.75) is 44.7 Å². The zero-order chi connectivity index (χ0) is 8.48. The van der Waals surface area contributed by atoms with E-state index >= 15 is 0 Å². The van der Waals surface area contributed by atoms with Crippen molar-refractivity contribution in [1.82, 2.24) is 4.90 Å². The zero-order valence-corrected chi connectivity index (χ0v) is 7.93. The summed E-state index contributed by atoms with van der Waals surface area (Å²) in [4.78, 5) is 2.39. The molecule has 2 heteroatoms. The zero-order valence-electron chi connectivity index (χ0n) is 7.93. The predicted molar refractivity (Wildman–Crippen MR) is 48.5 cm³/mol. The molecule has 11 heavy (non-hydrogen) atoms. The first-order valence-corrected chi connectivity index (χ1v) is 4.48. The first-order valence-electron chi connectivity index (χ1n) is 4.48. The Bertz CT molecular complexity index is 122. The molecule has 2 N–H and O–H groups in total. The van der Waals surface area contributed by atoms with E-state index < -0.39 is 0 Å². The summed E-state index contributed by atoms with van der Waals surface area (Å²) in [6.07, 6.45) is 4.14. The molecule has 1 aliphatic carbocycles. The maximum absolute atomic E-state index is 5.91. The van der Waals surface area contributed by atoms with Crippen LogP contribution in [0.5, 0.6) is 0 Å². The molecule has 0 amide bonds. The highest BCUT2D eigenvalue weighted by Crippen LogP contribution is 2.24. The SMILES string of the molecule is CN(CC(C)(C)N)C1CCC1. The van der Waals surface area contributed by atoms with Gasteiger partial charge in [-0.3, -0.25) is 0 Å². The van der Waals surface area contributed by atoms with Crippen molar-refractivity contribution in [3.8, 4) is 0 Å². The highest BCUT2D eigenvalue weighted by atomic mass is 15.2. The van der Waals surface area contributed by atoms with Gasteiger partial charge in [0, 0.05) is 18.1 Å². The number of hydrogen-bond donors (Lipinski definition) is 1. The highest BCUT2D eigenvalue weighted by Gasteiger charge is 2.25. The quantitative estimate of drug-likeness (QED) is 0.665. The minimum Gasteiger partial charge on any atom is -0.324 e. The Morgan fingerprint density at radius 2 is 2.00 bits per heavy atom. The van der Waals surface area contributed by atoms with Gasteiger partial charge >= 0.3 is 0 Å². The second kappa shape index (κ2) is 3.11. The van der Waals surface area contributed by atoms with E-state index in [0.29, 0.717) is 0 Å². The summed E-state index contributed by atoms with van der Waals surface area (Å²) in [5, 5.41) is 0. The summed E-state index contributed by atoms with van der Waals surface area (Å²) in [6.45, 7) is 5.18. The van der Waals surface area contributed by atoms with Crippen molar-refractivity contribution < 1.29 is 0 Å². The second-order valence-electron chi connectivity index (χ2n) is 4.49. The molecule has 0 bridgehead atoms. The Labute approximate surface area is 69.8 Å². The van der Waals surface area contributed by atoms with E-state index in [1.54, 1.807) is 0 Å². The minimum atomic E-state index is -0.0374. The molecule has 1 saturated carbocycles. The van der Waals surface area contributed by atoms with Gasteiger partial charge in [0.15, 0.2) is 0 Å². The van der Waals surface area contributed by atoms with E-state index in [9.17, 15) is 0 Å². The van der Waals surface area contributed by atoms with Crippen LogP contribution in [0.15, 0.2) is 0 Å². The lowest BCUT2D eigenvalue weighted by atomic mass is 9.91. The molecule has 1 aliphatic rings. The van der Waals surface area contributed by atoms with Gasteiger partial charge in [0.05, 0.1) is 0 Å². The average Bonchev–Trinajstić information content (AvgIpc) is 1.50. The molecule has 0 spiro atoms. The summed E-state index contributed by atoms with van der Waals surface area (Å²) >= 11 is 0. The summed E-state index contributed by atoms with van der Waals surface area (Å²) in [6, 6.07) is 0.817. The fourth-order valence-electron chi connectivity index (χ4n) is 1.60. The summed E-state index contributed by atoms with van der Waals surface area (Å²) in [7, 11) is 2.18. The van der Waals surface area contributed by atoms with Gasteiger partial charge in [0.1, 0.15) is 0 Å². The molecule has 0 atom stereocenters. The lowest BCUT2D eigenvalue weighted by molar-refractivity contribution is 0.136. The van der Waals surface area contributed by atoms with Crippen molar-refractivity contribution in [2.75, 3.05) is 13.6 Å². The molecular weight excluding hydrogens is 136 g/mol. The van der Waals surface area contributed by atoms with Crippen molar-refractivity contribution in [3.63, 3.8) is 0 Å². The molecule has 2 nitrogen and oxygen atoms in total. The molecule has 0 aromatic carbocycles. The molecular formula is C9H20N2. The van der Waals surface area contributed by atoms with Gasteiger partial charge in [-0.2, -0.15) is 0 Å². The van der Waals surface area contributed by atoms with Crippen molar-refractivity contribution >= 4 is 0 Å². The van der Waals surface area contributed by atoms with Gasteiger partial charge in [0.25, 0.3) is 0 Å². The van der Waals surface area contributed by atoms with Crippen LogP contribution in [0.2, 0.25) is 0 Å². The largest absolute Gasteiger partial charge is 0.324 e. The van der Waals surface area contributed by atoms with Crippen LogP contribution in [0, 0.1) is 0 Å². The van der Waals surface area contributed by atoms with Gasteiger partial charge in [-0.1, -0.05) is 6.42 Å². The molecule has 66 valence electrons. The molecule has 0 radical (unpaired) electrons. The number of nitrogens with zero attached hydrogens (tertiary/aromatic N) is 1. The molecule has 0 aromatic heterocycles. The van der Waals surface area contributed by atoms with Crippen molar-refractivity contribution in [3.05, 3.63) is 0 Å². The van der Waals surface area contributed by atoms with Crippen molar-refractivity contribution in [2.24, 2.45) is 5.73 Å². The number of rotatable bonds is 3. The molecule has 1 fully saturated rings. The number of hydrogen-bond acceptors (Lipinski definition) is 2. The van der Waals surface area contributed by atoms with Gasteiger partial charge in [-0.15, -0.1) is 0 Å². The highest BCUT2D eigenvalue weighted by molar-refractivity contribution is 4.83. The van der Waals surface area contributed by atoms with Crippen LogP contribution < -0.4 is 5.73 Å². The monoisotopic (exact) mass is 156 g/mol. The van der Waals surface area contributed by atoms with Crippen molar-refractivity contribution in [1.29, 1.82) is 0 Å². The number of likely N-dealkylation sites (N-methyl/N-ethyl adjacent to an activating group) is 1. The van der Waals surface area contributed by atoms with Crippen LogP contribution >= 0.6 is 0 Å². The third kappa shape index (κ3) is 2.80. The topological polar surface area (TPSA) is 29.3 Å². The van der Waals surface area contributed by atoms with Gasteiger partial charge in [-0.25, -0.2) is 0 Å². The maximum Gasteiger partial charge on any atom is 0.0226 e. The van der Waals surface area contributed by atoms with E-state index in [1.165, 1.54) is 19.3 Å². The maximum atomic E-state index is 5.91. The van der Waals surface area contributed by atoms with E-state index in [1.807, 2.05) is 0 Å². The Balaban J connectivity index is 2.24. The standard InChI is InChI=1S/C9H20N2/c1-9(2,10)7-11(3)8-5-4-6-8/h8H,4-7,10H2,1-3H3. The average molecular weight is 156 g/mol. The lowest BCUT2D eigenvalue weighted by Gasteiger charge is -2.38. The first kappa shape index (κ1) is 9.01. The first-order chi connectivity index (χ1) is 4.99. The Morgan fingerprint density at radius 1 is 1.45 bits per heavy atom. The van der Waals surface area contributed by atoms with E-state index in [4.69, 9.17) is 5.73 Å². The van der Waals surface area contributed by atoms with E-state index in [-0.39, 0.29) is 5.54 Å². The molecule has 1 rings (SSSR count). The molecule has 0 aliphatic heterocycles. The Morgan fingerprint density at radius 3 is 2.27 bits per heavy atom. The molecule has 0 heterocycles. The Hall–Kier alpha value is -0.0800. The fraction of sp³-hybridized carbons (Fsp3) is 1.00. The third-order valence-corrected chi connectivity index (χ3v) is 2.35. The number of nitrogens with two attached hydrogens (primary N) is 1. The summed E-state index contributed by atoms with van der Waals surface area (Å²) < 4.78 is 0. The minimum absolute atomic E-state index is 0.0374. The fourth-order valence-corrected chi connectivity index (χ4v) is 1.60. The Kier molecular flexibility index (Phi) is 2.55. The van der Waals surface area contributed by atoms with Crippen LogP contribution in [0.25, 0.3) is 0 Å². The molecule has 0 saturated heterocycles. The smallest absolute Gasteiger partial charge is 0.0226 e. The summed E-state index contributed by atoms with van der Waals surface area (Å²) in [5.41, 5.74) is 5.87. The van der Waals surface area contributed by atoms with Crippen LogP contribution in [-0.4, -0.2) is 30.1 Å². The van der Waals surface area contributed by atoms with E-state index in [0.717, 1.165) is 12.6 Å². The van der Waals surface area contributed by atoms with Crippen LogP contribution in [0.4, 0.5) is 0 Å². The van der Waals surface area contributed by atoms with E-state index in [2.05, 4.69) is 25.8 Å². The lowest BCUT2D eigenvalue weighted by Crippen LogP contribution is -2.49. The predicted octanol–water partition coefficient (Wildman–Crippen LogP) is 1.21. The normalized spacial score (nSPS) is 20.5. The van der Waals surface area contributed by atoms with Gasteiger partial charge in [0.2, 0.25) is 0 Å². The van der Waals surface area contributed by atoms with Crippen LogP contribution in [0.3, 0.4) is 0 Å². The molecule has 0 unspecified atom stereocenters.